The van der Waals surface area contributed by atoms with Crippen LogP contribution in [0, 0.1) is 0 Å². The summed E-state index contributed by atoms with van der Waals surface area (Å²) in [6, 6.07) is 13.0. The molecule has 1 nitrogen and oxygen atoms in total. The number of nitrogens with zero attached hydrogens (tertiary/aromatic N) is 1. The van der Waals surface area contributed by atoms with Gasteiger partial charge in [0.2, 0.25) is 0 Å². The zero-order valence-corrected chi connectivity index (χ0v) is 10.1. The second-order valence-corrected chi connectivity index (χ2v) is 4.86. The van der Waals surface area contributed by atoms with Crippen LogP contribution in [0.3, 0.4) is 0 Å². The van der Waals surface area contributed by atoms with Crippen LogP contribution in [0.2, 0.25) is 0 Å². The lowest BCUT2D eigenvalue weighted by Crippen LogP contribution is -2.34. The topological polar surface area (TPSA) is 3.88 Å². The molecule has 0 saturated carbocycles. The third-order valence-electron chi connectivity index (χ3n) is 3.55. The van der Waals surface area contributed by atoms with E-state index in [-0.39, 0.29) is 0 Å². The molecule has 0 spiro atoms. The van der Waals surface area contributed by atoms with Gasteiger partial charge in [0.25, 0.3) is 0 Å². The van der Waals surface area contributed by atoms with E-state index in [9.17, 15) is 0 Å². The van der Waals surface area contributed by atoms with Crippen LogP contribution in [-0.2, 0) is 19.4 Å². The van der Waals surface area contributed by atoms with Crippen LogP contribution in [0.4, 0.5) is 0 Å². The van der Waals surface area contributed by atoms with E-state index in [0.29, 0.717) is 0 Å². The molecule has 86 valence electrons. The van der Waals surface area contributed by atoms with Gasteiger partial charge in [0.1, 0.15) is 0 Å². The van der Waals surface area contributed by atoms with Crippen LogP contribution in [0.5, 0.6) is 0 Å². The number of pyridine rings is 1. The van der Waals surface area contributed by atoms with Crippen molar-refractivity contribution in [3.63, 3.8) is 0 Å². The van der Waals surface area contributed by atoms with Crippen molar-refractivity contribution in [3.8, 4) is 0 Å². The minimum atomic E-state index is 0.980. The summed E-state index contributed by atoms with van der Waals surface area (Å²) in [4.78, 5) is 0. The van der Waals surface area contributed by atoms with E-state index in [1.165, 1.54) is 31.2 Å². The molecule has 0 unspecified atom stereocenters. The molecule has 0 saturated heterocycles. The van der Waals surface area contributed by atoms with Gasteiger partial charge in [-0.05, 0) is 31.2 Å². The van der Waals surface area contributed by atoms with Crippen LogP contribution in [0.1, 0.15) is 29.5 Å². The van der Waals surface area contributed by atoms with Gasteiger partial charge >= 0.3 is 0 Å². The molecule has 17 heavy (non-hydrogen) atoms. The summed E-state index contributed by atoms with van der Waals surface area (Å²) in [5, 5.41) is 0. The predicted octanol–water partition coefficient (Wildman–Crippen LogP) is 2.90. The molecule has 1 aromatic carbocycles. The number of hydrogen-bond donors (Lipinski definition) is 0. The predicted molar refractivity (Wildman–Crippen MR) is 68.8 cm³/mol. The van der Waals surface area contributed by atoms with Gasteiger partial charge in [-0.1, -0.05) is 30.3 Å². The summed E-state index contributed by atoms with van der Waals surface area (Å²) in [5.74, 6) is 0. The first-order valence-electron chi connectivity index (χ1n) is 6.46. The Morgan fingerprint density at radius 1 is 0.882 bits per heavy atom. The van der Waals surface area contributed by atoms with Gasteiger partial charge in [-0.2, -0.15) is 0 Å². The van der Waals surface area contributed by atoms with E-state index >= 15 is 0 Å². The van der Waals surface area contributed by atoms with E-state index in [0.717, 1.165) is 6.54 Å². The van der Waals surface area contributed by atoms with E-state index in [1.54, 1.807) is 11.1 Å². The molecule has 1 aromatic heterocycles. The van der Waals surface area contributed by atoms with E-state index in [4.69, 9.17) is 0 Å². The fourth-order valence-corrected chi connectivity index (χ4v) is 2.61. The number of aromatic nitrogens is 1. The van der Waals surface area contributed by atoms with Crippen molar-refractivity contribution >= 4 is 0 Å². The second-order valence-electron chi connectivity index (χ2n) is 4.86. The minimum Gasteiger partial charge on any atom is -0.200 e. The lowest BCUT2D eigenvalue weighted by molar-refractivity contribution is -0.688. The van der Waals surface area contributed by atoms with Crippen LogP contribution >= 0.6 is 0 Å². The Balaban J connectivity index is 1.84. The molecule has 0 bridgehead atoms. The largest absolute Gasteiger partial charge is 0.200 e. The van der Waals surface area contributed by atoms with Crippen molar-refractivity contribution in [3.05, 3.63) is 65.5 Å². The standard InChI is InChI=1S/C16H18N/c1-2-6-14(7-3-1)12-17-11-10-15-8-4-5-9-16(15)13-17/h1-3,6-7,10-11,13H,4-5,8-9,12H2/q+1. The Labute approximate surface area is 103 Å². The SMILES string of the molecule is c1ccc(C[n+]2ccc3c(c2)CCCC3)cc1. The molecule has 1 heteroatoms. The van der Waals surface area contributed by atoms with Crippen molar-refractivity contribution in [2.24, 2.45) is 0 Å². The Kier molecular flexibility index (Phi) is 2.91. The summed E-state index contributed by atoms with van der Waals surface area (Å²) >= 11 is 0. The summed E-state index contributed by atoms with van der Waals surface area (Å²) in [5.41, 5.74) is 4.48. The molecule has 0 atom stereocenters. The molecule has 1 aliphatic rings. The summed E-state index contributed by atoms with van der Waals surface area (Å²) < 4.78 is 2.31. The maximum absolute atomic E-state index is 2.33. The van der Waals surface area contributed by atoms with Crippen LogP contribution < -0.4 is 4.57 Å². The average Bonchev–Trinajstić information content (AvgIpc) is 2.40. The number of benzene rings is 1. The third kappa shape index (κ3) is 2.38. The highest BCUT2D eigenvalue weighted by atomic mass is 14.9. The highest BCUT2D eigenvalue weighted by molar-refractivity contribution is 5.23. The Morgan fingerprint density at radius 3 is 2.47 bits per heavy atom. The lowest BCUT2D eigenvalue weighted by Gasteiger charge is -2.13. The molecule has 0 N–H and O–H groups in total. The number of hydrogen-bond acceptors (Lipinski definition) is 0. The fraction of sp³-hybridized carbons (Fsp3) is 0.312. The van der Waals surface area contributed by atoms with Gasteiger partial charge in [-0.25, -0.2) is 4.57 Å². The normalized spacial score (nSPS) is 14.4. The lowest BCUT2D eigenvalue weighted by atomic mass is 9.93. The van der Waals surface area contributed by atoms with Crippen molar-refractivity contribution in [2.75, 3.05) is 0 Å². The van der Waals surface area contributed by atoms with E-state index < -0.39 is 0 Å². The molecule has 3 rings (SSSR count). The zero-order chi connectivity index (χ0) is 11.5. The fourth-order valence-electron chi connectivity index (χ4n) is 2.61. The van der Waals surface area contributed by atoms with Gasteiger partial charge in [-0.15, -0.1) is 0 Å². The zero-order valence-electron chi connectivity index (χ0n) is 10.1. The molecule has 0 radical (unpaired) electrons. The van der Waals surface area contributed by atoms with Crippen LogP contribution in [0.25, 0.3) is 0 Å². The summed E-state index contributed by atoms with van der Waals surface area (Å²) in [6.45, 7) is 0.980. The molecule has 2 aromatic rings. The molecule has 1 heterocycles. The smallest absolute Gasteiger partial charge is 0.173 e. The first-order valence-corrected chi connectivity index (χ1v) is 6.46. The Morgan fingerprint density at radius 2 is 1.65 bits per heavy atom. The second kappa shape index (κ2) is 4.70. The highest BCUT2D eigenvalue weighted by Crippen LogP contribution is 2.18. The van der Waals surface area contributed by atoms with Crippen molar-refractivity contribution in [1.29, 1.82) is 0 Å². The molecular formula is C16H18N+. The van der Waals surface area contributed by atoms with Crippen molar-refractivity contribution < 1.29 is 4.57 Å². The maximum atomic E-state index is 2.33. The number of aryl methyl sites for hydroxylation is 2. The average molecular weight is 224 g/mol. The summed E-state index contributed by atoms with van der Waals surface area (Å²) in [6.07, 6.45) is 9.78. The Bertz CT molecular complexity index is 502. The minimum absolute atomic E-state index is 0.980. The van der Waals surface area contributed by atoms with Crippen molar-refractivity contribution in [1.82, 2.24) is 0 Å². The first-order chi connectivity index (χ1) is 8.42. The quantitative estimate of drug-likeness (QED) is 0.691. The number of fused-ring (bicyclic) bond motifs is 1. The molecular weight excluding hydrogens is 206 g/mol. The highest BCUT2D eigenvalue weighted by Gasteiger charge is 2.13. The monoisotopic (exact) mass is 224 g/mol. The maximum Gasteiger partial charge on any atom is 0.173 e. The van der Waals surface area contributed by atoms with E-state index in [1.807, 2.05) is 0 Å². The molecule has 0 amide bonds. The summed E-state index contributed by atoms with van der Waals surface area (Å²) in [7, 11) is 0. The van der Waals surface area contributed by atoms with Gasteiger partial charge in [0.15, 0.2) is 18.9 Å². The molecule has 0 fully saturated rings. The van der Waals surface area contributed by atoms with Gasteiger partial charge in [0.05, 0.1) is 0 Å². The number of rotatable bonds is 2. The first kappa shape index (κ1) is 10.5. The molecule has 0 aliphatic heterocycles. The Hall–Kier alpha value is -1.63. The van der Waals surface area contributed by atoms with Gasteiger partial charge in [0, 0.05) is 17.2 Å². The van der Waals surface area contributed by atoms with Gasteiger partial charge < -0.3 is 0 Å². The van der Waals surface area contributed by atoms with Crippen molar-refractivity contribution in [2.45, 2.75) is 32.2 Å². The van der Waals surface area contributed by atoms with Gasteiger partial charge in [-0.3, -0.25) is 0 Å². The third-order valence-corrected chi connectivity index (χ3v) is 3.55. The molecule has 1 aliphatic carbocycles. The van der Waals surface area contributed by atoms with Crippen LogP contribution in [0.15, 0.2) is 48.8 Å². The van der Waals surface area contributed by atoms with E-state index in [2.05, 4.69) is 53.4 Å². The van der Waals surface area contributed by atoms with Crippen LogP contribution in [-0.4, -0.2) is 0 Å².